The number of phenolic OH excluding ortho intramolecular Hbond substituents is 1. The second-order valence-corrected chi connectivity index (χ2v) is 12.2. The maximum atomic E-state index is 14.3. The van der Waals surface area contributed by atoms with Crippen LogP contribution in [-0.2, 0) is 14.3 Å². The fraction of sp³-hybridized carbons (Fsp3) is 0.531. The quantitative estimate of drug-likeness (QED) is 0.212. The molecule has 226 valence electrons. The van der Waals surface area contributed by atoms with Crippen molar-refractivity contribution in [3.05, 3.63) is 58.6 Å². The minimum Gasteiger partial charge on any atom is -0.508 e. The number of halogens is 1. The summed E-state index contributed by atoms with van der Waals surface area (Å²) >= 11 is 6.43. The first-order valence-corrected chi connectivity index (χ1v) is 14.8. The van der Waals surface area contributed by atoms with E-state index in [-0.39, 0.29) is 18.2 Å². The van der Waals surface area contributed by atoms with E-state index in [1.807, 2.05) is 26.8 Å². The van der Waals surface area contributed by atoms with Crippen molar-refractivity contribution >= 4 is 35.2 Å². The van der Waals surface area contributed by atoms with Crippen LogP contribution in [0.4, 0.5) is 10.5 Å². The lowest BCUT2D eigenvalue weighted by Crippen LogP contribution is -2.53. The van der Waals surface area contributed by atoms with Gasteiger partial charge >= 0.3 is 6.09 Å². The lowest BCUT2D eigenvalue weighted by atomic mass is 9.98. The Morgan fingerprint density at radius 2 is 1.73 bits per heavy atom. The molecule has 2 rings (SSSR count). The molecular formula is C32H46ClN3O5. The summed E-state index contributed by atoms with van der Waals surface area (Å²) < 4.78 is 5.46. The van der Waals surface area contributed by atoms with Crippen LogP contribution in [0.15, 0.2) is 42.5 Å². The highest BCUT2D eigenvalue weighted by atomic mass is 35.5. The predicted octanol–water partition coefficient (Wildman–Crippen LogP) is 7.38. The van der Waals surface area contributed by atoms with Crippen LogP contribution in [-0.4, -0.2) is 46.1 Å². The maximum absolute atomic E-state index is 14.3. The molecule has 0 aliphatic heterocycles. The number of para-hydroxylation sites is 1. The van der Waals surface area contributed by atoms with Crippen molar-refractivity contribution in [3.63, 3.8) is 0 Å². The van der Waals surface area contributed by atoms with Gasteiger partial charge in [0.2, 0.25) is 5.91 Å². The number of ether oxygens (including phenoxy) is 1. The number of phenols is 1. The Morgan fingerprint density at radius 3 is 2.32 bits per heavy atom. The lowest BCUT2D eigenvalue weighted by molar-refractivity contribution is -0.141. The summed E-state index contributed by atoms with van der Waals surface area (Å²) in [5, 5.41) is 16.4. The minimum absolute atomic E-state index is 0.0294. The van der Waals surface area contributed by atoms with E-state index in [1.165, 1.54) is 17.0 Å². The van der Waals surface area contributed by atoms with Crippen LogP contribution in [0.1, 0.15) is 90.8 Å². The van der Waals surface area contributed by atoms with E-state index in [0.29, 0.717) is 29.1 Å². The Bertz CT molecular complexity index is 1160. The molecule has 0 saturated heterocycles. The molecule has 0 heterocycles. The van der Waals surface area contributed by atoms with Gasteiger partial charge in [0, 0.05) is 6.54 Å². The first-order valence-electron chi connectivity index (χ1n) is 14.4. The molecule has 0 aromatic heterocycles. The molecule has 0 aliphatic rings. The normalized spacial score (nSPS) is 12.9. The van der Waals surface area contributed by atoms with Gasteiger partial charge in [0.25, 0.3) is 5.91 Å². The SMILES string of the molecule is CCCCCCN(C(=O)C(CC(C)C)NC(=O)OC(C)(C)C)C(C(=O)Nc1c(C)cccc1Cl)c1cccc(O)c1. The molecule has 3 amide bonds. The molecule has 0 aliphatic carbocycles. The van der Waals surface area contributed by atoms with Crippen molar-refractivity contribution in [2.75, 3.05) is 11.9 Å². The fourth-order valence-corrected chi connectivity index (χ4v) is 4.84. The second kappa shape index (κ2) is 15.7. The zero-order valence-electron chi connectivity index (χ0n) is 25.4. The monoisotopic (exact) mass is 587 g/mol. The van der Waals surface area contributed by atoms with Gasteiger partial charge in [-0.15, -0.1) is 0 Å². The Balaban J connectivity index is 2.58. The van der Waals surface area contributed by atoms with Gasteiger partial charge in [-0.2, -0.15) is 0 Å². The number of carbonyl (C=O) groups excluding carboxylic acids is 3. The van der Waals surface area contributed by atoms with Crippen LogP contribution in [0, 0.1) is 12.8 Å². The van der Waals surface area contributed by atoms with E-state index in [0.717, 1.165) is 24.8 Å². The Kier molecular flexibility index (Phi) is 13.0. The summed E-state index contributed by atoms with van der Waals surface area (Å²) in [5.74, 6) is -0.838. The van der Waals surface area contributed by atoms with Gasteiger partial charge in [-0.25, -0.2) is 4.79 Å². The number of carbonyl (C=O) groups is 3. The first-order chi connectivity index (χ1) is 19.2. The molecule has 0 fully saturated rings. The van der Waals surface area contributed by atoms with E-state index in [1.54, 1.807) is 45.0 Å². The third-order valence-corrected chi connectivity index (χ3v) is 6.76. The number of benzene rings is 2. The van der Waals surface area contributed by atoms with Crippen molar-refractivity contribution < 1.29 is 24.2 Å². The van der Waals surface area contributed by atoms with Crippen LogP contribution in [0.2, 0.25) is 5.02 Å². The molecule has 0 radical (unpaired) electrons. The molecule has 2 unspecified atom stereocenters. The number of rotatable bonds is 13. The van der Waals surface area contributed by atoms with Crippen molar-refractivity contribution in [3.8, 4) is 5.75 Å². The highest BCUT2D eigenvalue weighted by molar-refractivity contribution is 6.34. The fourth-order valence-electron chi connectivity index (χ4n) is 4.57. The highest BCUT2D eigenvalue weighted by Crippen LogP contribution is 2.31. The molecular weight excluding hydrogens is 542 g/mol. The second-order valence-electron chi connectivity index (χ2n) is 11.8. The van der Waals surface area contributed by atoms with Gasteiger partial charge in [0.15, 0.2) is 0 Å². The molecule has 2 aromatic rings. The summed E-state index contributed by atoms with van der Waals surface area (Å²) in [5.41, 5.74) is 0.919. The van der Waals surface area contributed by atoms with Crippen LogP contribution in [0.5, 0.6) is 5.75 Å². The molecule has 9 heteroatoms. The topological polar surface area (TPSA) is 108 Å². The summed E-state index contributed by atoms with van der Waals surface area (Å²) in [7, 11) is 0. The van der Waals surface area contributed by atoms with Crippen molar-refractivity contribution in [1.82, 2.24) is 10.2 Å². The summed E-state index contributed by atoms with van der Waals surface area (Å²) in [4.78, 5) is 42.7. The molecule has 2 atom stereocenters. The standard InChI is InChI=1S/C32H46ClN3O5/c1-8-9-10-11-18-36(30(39)26(19-21(2)3)34-31(40)41-32(5,6)7)28(23-15-13-16-24(37)20-23)29(38)35-27-22(4)14-12-17-25(27)33/h12-17,20-21,26,28,37H,8-11,18-19H2,1-7H3,(H,34,40)(H,35,38). The summed E-state index contributed by atoms with van der Waals surface area (Å²) in [6, 6.07) is 9.62. The number of nitrogens with zero attached hydrogens (tertiary/aromatic N) is 1. The third-order valence-electron chi connectivity index (χ3n) is 6.45. The van der Waals surface area contributed by atoms with E-state index in [2.05, 4.69) is 17.6 Å². The average Bonchev–Trinajstić information content (AvgIpc) is 2.86. The van der Waals surface area contributed by atoms with E-state index in [4.69, 9.17) is 16.3 Å². The van der Waals surface area contributed by atoms with Gasteiger partial charge in [-0.3, -0.25) is 9.59 Å². The number of aromatic hydroxyl groups is 1. The Hall–Kier alpha value is -3.26. The van der Waals surface area contributed by atoms with Crippen LogP contribution < -0.4 is 10.6 Å². The molecule has 3 N–H and O–H groups in total. The van der Waals surface area contributed by atoms with Gasteiger partial charge < -0.3 is 25.4 Å². The number of nitrogens with one attached hydrogen (secondary N) is 2. The molecule has 41 heavy (non-hydrogen) atoms. The van der Waals surface area contributed by atoms with Gasteiger partial charge in [-0.05, 0) is 75.8 Å². The number of aryl methyl sites for hydroxylation is 1. The van der Waals surface area contributed by atoms with E-state index in [9.17, 15) is 19.5 Å². The molecule has 2 aromatic carbocycles. The van der Waals surface area contributed by atoms with E-state index < -0.39 is 35.6 Å². The largest absolute Gasteiger partial charge is 0.508 e. The summed E-state index contributed by atoms with van der Waals surface area (Å²) in [6.07, 6.45) is 3.16. The number of hydrogen-bond donors (Lipinski definition) is 3. The first kappa shape index (κ1) is 33.9. The molecule has 0 bridgehead atoms. The van der Waals surface area contributed by atoms with Crippen LogP contribution >= 0.6 is 11.6 Å². The molecule has 0 spiro atoms. The van der Waals surface area contributed by atoms with Gasteiger partial charge in [-0.1, -0.05) is 75.9 Å². The summed E-state index contributed by atoms with van der Waals surface area (Å²) in [6.45, 7) is 13.4. The smallest absolute Gasteiger partial charge is 0.408 e. The zero-order valence-corrected chi connectivity index (χ0v) is 26.2. The predicted molar refractivity (Wildman–Crippen MR) is 164 cm³/mol. The number of hydrogen-bond acceptors (Lipinski definition) is 5. The van der Waals surface area contributed by atoms with Crippen molar-refractivity contribution in [2.45, 2.75) is 98.3 Å². The Morgan fingerprint density at radius 1 is 1.05 bits per heavy atom. The molecule has 0 saturated carbocycles. The highest BCUT2D eigenvalue weighted by Gasteiger charge is 2.37. The van der Waals surface area contributed by atoms with Gasteiger partial charge in [0.1, 0.15) is 23.4 Å². The van der Waals surface area contributed by atoms with Crippen molar-refractivity contribution in [2.24, 2.45) is 5.92 Å². The number of amides is 3. The van der Waals surface area contributed by atoms with Crippen molar-refractivity contribution in [1.29, 1.82) is 0 Å². The van der Waals surface area contributed by atoms with E-state index >= 15 is 0 Å². The number of unbranched alkanes of at least 4 members (excludes halogenated alkanes) is 3. The number of anilines is 1. The van der Waals surface area contributed by atoms with Gasteiger partial charge in [0.05, 0.1) is 10.7 Å². The Labute approximate surface area is 249 Å². The molecule has 8 nitrogen and oxygen atoms in total. The van der Waals surface area contributed by atoms with Crippen LogP contribution in [0.3, 0.4) is 0 Å². The zero-order chi connectivity index (χ0) is 30.7. The number of alkyl carbamates (subject to hydrolysis) is 1. The van der Waals surface area contributed by atoms with Crippen LogP contribution in [0.25, 0.3) is 0 Å². The average molecular weight is 588 g/mol. The minimum atomic E-state index is -1.10. The maximum Gasteiger partial charge on any atom is 0.408 e. The third kappa shape index (κ3) is 10.9. The lowest BCUT2D eigenvalue weighted by Gasteiger charge is -2.35.